The molecule has 5 heteroatoms. The molecular formula is C12H19FN4. The van der Waals surface area contributed by atoms with Crippen LogP contribution in [0.1, 0.15) is 6.42 Å². The lowest BCUT2D eigenvalue weighted by Gasteiger charge is -2.35. The summed E-state index contributed by atoms with van der Waals surface area (Å²) in [6.45, 7) is 4.49. The van der Waals surface area contributed by atoms with Crippen molar-refractivity contribution in [2.45, 2.75) is 6.42 Å². The van der Waals surface area contributed by atoms with E-state index < -0.39 is 0 Å². The Labute approximate surface area is 101 Å². The molecule has 17 heavy (non-hydrogen) atoms. The minimum atomic E-state index is -0.222. The average Bonchev–Trinajstić information content (AvgIpc) is 2.38. The lowest BCUT2D eigenvalue weighted by Crippen LogP contribution is -2.47. The van der Waals surface area contributed by atoms with Crippen molar-refractivity contribution in [3.05, 3.63) is 18.3 Å². The Morgan fingerprint density at radius 2 is 2.00 bits per heavy atom. The van der Waals surface area contributed by atoms with Crippen LogP contribution in [0.4, 0.5) is 15.9 Å². The molecule has 2 rings (SSSR count). The molecule has 0 spiro atoms. The van der Waals surface area contributed by atoms with E-state index in [4.69, 9.17) is 5.73 Å². The molecule has 0 aromatic carbocycles. The minimum absolute atomic E-state index is 0.222. The van der Waals surface area contributed by atoms with E-state index in [1.807, 2.05) is 12.1 Å². The highest BCUT2D eigenvalue weighted by atomic mass is 19.1. The number of piperazine rings is 1. The summed E-state index contributed by atoms with van der Waals surface area (Å²) in [7, 11) is 0. The molecule has 0 aliphatic carbocycles. The fraction of sp³-hybridized carbons (Fsp3) is 0.583. The molecule has 2 heterocycles. The van der Waals surface area contributed by atoms with E-state index in [9.17, 15) is 4.39 Å². The van der Waals surface area contributed by atoms with E-state index in [2.05, 4.69) is 14.8 Å². The molecule has 4 nitrogen and oxygen atoms in total. The van der Waals surface area contributed by atoms with E-state index in [0.717, 1.165) is 38.5 Å². The summed E-state index contributed by atoms with van der Waals surface area (Å²) in [6.07, 6.45) is 2.32. The van der Waals surface area contributed by atoms with Crippen LogP contribution in [0, 0.1) is 0 Å². The molecule has 1 aliphatic rings. The molecule has 1 aromatic heterocycles. The molecular weight excluding hydrogens is 219 g/mol. The molecule has 1 saturated heterocycles. The van der Waals surface area contributed by atoms with Crippen LogP contribution < -0.4 is 10.6 Å². The summed E-state index contributed by atoms with van der Waals surface area (Å²) in [5.74, 6) is 0.976. The number of alkyl halides is 1. The van der Waals surface area contributed by atoms with Gasteiger partial charge < -0.3 is 10.6 Å². The van der Waals surface area contributed by atoms with Crippen LogP contribution in [-0.4, -0.2) is 49.3 Å². The number of aromatic nitrogens is 1. The number of halogens is 1. The zero-order valence-electron chi connectivity index (χ0n) is 9.98. The molecule has 0 saturated carbocycles. The minimum Gasteiger partial charge on any atom is -0.397 e. The van der Waals surface area contributed by atoms with E-state index >= 15 is 0 Å². The lowest BCUT2D eigenvalue weighted by molar-refractivity contribution is 0.244. The van der Waals surface area contributed by atoms with Crippen molar-refractivity contribution in [3.8, 4) is 0 Å². The Morgan fingerprint density at radius 1 is 1.24 bits per heavy atom. The first kappa shape index (κ1) is 12.1. The van der Waals surface area contributed by atoms with Crippen molar-refractivity contribution >= 4 is 11.5 Å². The zero-order valence-corrected chi connectivity index (χ0v) is 9.98. The Morgan fingerprint density at radius 3 is 2.59 bits per heavy atom. The van der Waals surface area contributed by atoms with Crippen molar-refractivity contribution in [2.24, 2.45) is 0 Å². The Balaban J connectivity index is 1.84. The number of anilines is 2. The monoisotopic (exact) mass is 238 g/mol. The van der Waals surface area contributed by atoms with Gasteiger partial charge in [0.05, 0.1) is 18.6 Å². The van der Waals surface area contributed by atoms with Gasteiger partial charge in [-0.15, -0.1) is 0 Å². The average molecular weight is 238 g/mol. The van der Waals surface area contributed by atoms with Crippen LogP contribution >= 0.6 is 0 Å². The van der Waals surface area contributed by atoms with Gasteiger partial charge in [-0.3, -0.25) is 9.29 Å². The molecule has 0 atom stereocenters. The van der Waals surface area contributed by atoms with Gasteiger partial charge in [0, 0.05) is 32.7 Å². The second kappa shape index (κ2) is 5.82. The molecule has 0 bridgehead atoms. The van der Waals surface area contributed by atoms with Crippen LogP contribution in [0.5, 0.6) is 0 Å². The maximum Gasteiger partial charge on any atom is 0.128 e. The van der Waals surface area contributed by atoms with Crippen LogP contribution in [0.25, 0.3) is 0 Å². The first-order chi connectivity index (χ1) is 8.29. The fourth-order valence-corrected chi connectivity index (χ4v) is 2.07. The second-order valence-electron chi connectivity index (χ2n) is 4.32. The number of rotatable bonds is 4. The third kappa shape index (κ3) is 3.30. The number of hydrogen-bond acceptors (Lipinski definition) is 4. The van der Waals surface area contributed by atoms with Crippen molar-refractivity contribution in [1.82, 2.24) is 9.88 Å². The van der Waals surface area contributed by atoms with Crippen molar-refractivity contribution in [1.29, 1.82) is 0 Å². The Bertz CT molecular complexity index is 333. The van der Waals surface area contributed by atoms with Gasteiger partial charge in [-0.25, -0.2) is 4.98 Å². The maximum absolute atomic E-state index is 12.1. The molecule has 0 amide bonds. The molecule has 0 radical (unpaired) electrons. The quantitative estimate of drug-likeness (QED) is 0.854. The predicted molar refractivity (Wildman–Crippen MR) is 67.9 cm³/mol. The highest BCUT2D eigenvalue weighted by Crippen LogP contribution is 2.14. The molecule has 2 N–H and O–H groups in total. The Kier molecular flexibility index (Phi) is 4.14. The largest absolute Gasteiger partial charge is 0.397 e. The van der Waals surface area contributed by atoms with E-state index in [1.165, 1.54) is 0 Å². The van der Waals surface area contributed by atoms with Gasteiger partial charge in [-0.05, 0) is 18.6 Å². The van der Waals surface area contributed by atoms with Crippen LogP contribution in [0.2, 0.25) is 0 Å². The first-order valence-corrected chi connectivity index (χ1v) is 6.04. The summed E-state index contributed by atoms with van der Waals surface area (Å²) < 4.78 is 12.1. The molecule has 94 valence electrons. The fourth-order valence-electron chi connectivity index (χ4n) is 2.07. The number of pyridine rings is 1. The summed E-state index contributed by atoms with van der Waals surface area (Å²) >= 11 is 0. The van der Waals surface area contributed by atoms with E-state index in [1.54, 1.807) is 6.20 Å². The Hall–Kier alpha value is -1.36. The third-order valence-corrected chi connectivity index (χ3v) is 3.08. The van der Waals surface area contributed by atoms with E-state index in [0.29, 0.717) is 12.1 Å². The summed E-state index contributed by atoms with van der Waals surface area (Å²) in [5.41, 5.74) is 6.30. The SMILES string of the molecule is Nc1ccc(N2CCN(CCCF)CC2)nc1. The highest BCUT2D eigenvalue weighted by molar-refractivity contribution is 5.46. The summed E-state index contributed by atoms with van der Waals surface area (Å²) in [6, 6.07) is 3.82. The zero-order chi connectivity index (χ0) is 12.1. The topological polar surface area (TPSA) is 45.4 Å². The smallest absolute Gasteiger partial charge is 0.128 e. The standard InChI is InChI=1S/C12H19FN4/c13-4-1-5-16-6-8-17(9-7-16)12-3-2-11(14)10-15-12/h2-3,10H,1,4-9,14H2. The van der Waals surface area contributed by atoms with Crippen LogP contribution in [0.3, 0.4) is 0 Å². The lowest BCUT2D eigenvalue weighted by atomic mass is 10.3. The van der Waals surface area contributed by atoms with Gasteiger partial charge in [0.15, 0.2) is 0 Å². The highest BCUT2D eigenvalue weighted by Gasteiger charge is 2.17. The second-order valence-corrected chi connectivity index (χ2v) is 4.32. The van der Waals surface area contributed by atoms with Crippen molar-refractivity contribution in [2.75, 3.05) is 50.0 Å². The predicted octanol–water partition coefficient (Wildman–Crippen LogP) is 1.15. The van der Waals surface area contributed by atoms with Crippen LogP contribution in [0.15, 0.2) is 18.3 Å². The third-order valence-electron chi connectivity index (χ3n) is 3.08. The molecule has 1 fully saturated rings. The number of nitrogens with two attached hydrogens (primary N) is 1. The molecule has 1 aliphatic heterocycles. The summed E-state index contributed by atoms with van der Waals surface area (Å²) in [4.78, 5) is 8.85. The normalized spacial score (nSPS) is 17.4. The van der Waals surface area contributed by atoms with Gasteiger partial charge >= 0.3 is 0 Å². The molecule has 0 unspecified atom stereocenters. The van der Waals surface area contributed by atoms with E-state index in [-0.39, 0.29) is 6.67 Å². The van der Waals surface area contributed by atoms with Gasteiger partial charge in [0.25, 0.3) is 0 Å². The van der Waals surface area contributed by atoms with Gasteiger partial charge in [0.2, 0.25) is 0 Å². The van der Waals surface area contributed by atoms with Crippen molar-refractivity contribution < 1.29 is 4.39 Å². The van der Waals surface area contributed by atoms with Gasteiger partial charge in [0.1, 0.15) is 5.82 Å². The number of nitrogens with zero attached hydrogens (tertiary/aromatic N) is 3. The van der Waals surface area contributed by atoms with Crippen LogP contribution in [-0.2, 0) is 0 Å². The van der Waals surface area contributed by atoms with Gasteiger partial charge in [-0.1, -0.05) is 0 Å². The number of hydrogen-bond donors (Lipinski definition) is 1. The maximum atomic E-state index is 12.1. The number of nitrogen functional groups attached to an aromatic ring is 1. The summed E-state index contributed by atoms with van der Waals surface area (Å²) in [5, 5.41) is 0. The first-order valence-electron chi connectivity index (χ1n) is 6.04. The van der Waals surface area contributed by atoms with Crippen molar-refractivity contribution in [3.63, 3.8) is 0 Å². The van der Waals surface area contributed by atoms with Gasteiger partial charge in [-0.2, -0.15) is 0 Å². The molecule has 1 aromatic rings.